The molecule has 0 spiro atoms. The Morgan fingerprint density at radius 1 is 1.07 bits per heavy atom. The summed E-state index contributed by atoms with van der Waals surface area (Å²) >= 11 is 0. The molecular weight excluding hydrogens is 383 g/mol. The van der Waals surface area contributed by atoms with Crippen LogP contribution in [-0.4, -0.2) is 20.4 Å². The molecule has 0 unspecified atom stereocenters. The largest absolute Gasteiger partial charge is 0.460 e. The Bertz CT molecular complexity index is 892. The highest BCUT2D eigenvalue weighted by Crippen LogP contribution is 2.29. The number of halogens is 3. The van der Waals surface area contributed by atoms with Crippen LogP contribution in [0.3, 0.4) is 0 Å². The lowest BCUT2D eigenvalue weighted by molar-refractivity contribution is -0.146. The number of carbonyl (C=O) groups excluding carboxylic acids is 1. The van der Waals surface area contributed by atoms with Crippen molar-refractivity contribution in [3.63, 3.8) is 0 Å². The van der Waals surface area contributed by atoms with Gasteiger partial charge >= 0.3 is 12.1 Å². The maximum atomic E-state index is 12.5. The summed E-state index contributed by atoms with van der Waals surface area (Å²) in [6.07, 6.45) is -4.45. The van der Waals surface area contributed by atoms with E-state index in [0.717, 1.165) is 17.7 Å². The second kappa shape index (κ2) is 8.10. The molecule has 1 N–H and O–H groups in total. The lowest BCUT2D eigenvalue weighted by Crippen LogP contribution is -2.39. The quantitative estimate of drug-likeness (QED) is 0.753. The van der Waals surface area contributed by atoms with Crippen LogP contribution < -0.4 is 4.72 Å². The number of benzene rings is 2. The third-order valence-electron chi connectivity index (χ3n) is 3.68. The maximum Gasteiger partial charge on any atom is 0.416 e. The lowest BCUT2D eigenvalue weighted by Gasteiger charge is -2.14. The zero-order valence-electron chi connectivity index (χ0n) is 14.6. The van der Waals surface area contributed by atoms with Crippen molar-refractivity contribution in [2.24, 2.45) is 0 Å². The number of hydrogen-bond acceptors (Lipinski definition) is 4. The summed E-state index contributed by atoms with van der Waals surface area (Å²) < 4.78 is 69.2. The van der Waals surface area contributed by atoms with Gasteiger partial charge in [-0.25, -0.2) is 8.42 Å². The van der Waals surface area contributed by atoms with Crippen LogP contribution in [-0.2, 0) is 32.3 Å². The lowest BCUT2D eigenvalue weighted by atomic mass is 10.1. The summed E-state index contributed by atoms with van der Waals surface area (Å²) in [6.45, 7) is 2.86. The third kappa shape index (κ3) is 5.80. The summed E-state index contributed by atoms with van der Waals surface area (Å²) in [6, 6.07) is 9.07. The van der Waals surface area contributed by atoms with E-state index in [4.69, 9.17) is 4.74 Å². The Morgan fingerprint density at radius 3 is 2.15 bits per heavy atom. The minimum Gasteiger partial charge on any atom is -0.460 e. The van der Waals surface area contributed by atoms with Gasteiger partial charge in [0.2, 0.25) is 10.0 Å². The number of alkyl halides is 3. The average Bonchev–Trinajstić information content (AvgIpc) is 2.59. The van der Waals surface area contributed by atoms with E-state index in [-0.39, 0.29) is 11.5 Å². The number of nitrogens with one attached hydrogen (secondary N) is 1. The number of ether oxygens (including phenoxy) is 1. The van der Waals surface area contributed by atoms with Crippen LogP contribution in [0, 0.1) is 6.92 Å². The monoisotopic (exact) mass is 401 g/mol. The van der Waals surface area contributed by atoms with Crippen molar-refractivity contribution >= 4 is 16.0 Å². The van der Waals surface area contributed by atoms with Gasteiger partial charge in [0.15, 0.2) is 0 Å². The van der Waals surface area contributed by atoms with Gasteiger partial charge in [0.05, 0.1) is 10.5 Å². The van der Waals surface area contributed by atoms with E-state index in [1.165, 1.54) is 31.2 Å². The van der Waals surface area contributed by atoms with Crippen molar-refractivity contribution < 1.29 is 31.1 Å². The van der Waals surface area contributed by atoms with Crippen LogP contribution in [0.25, 0.3) is 0 Å². The third-order valence-corrected chi connectivity index (χ3v) is 5.24. The van der Waals surface area contributed by atoms with Gasteiger partial charge in [0.25, 0.3) is 0 Å². The van der Waals surface area contributed by atoms with Crippen molar-refractivity contribution in [3.8, 4) is 0 Å². The van der Waals surface area contributed by atoms with Crippen LogP contribution in [0.2, 0.25) is 0 Å². The van der Waals surface area contributed by atoms with Crippen LogP contribution in [0.5, 0.6) is 0 Å². The highest BCUT2D eigenvalue weighted by molar-refractivity contribution is 7.89. The Hall–Kier alpha value is -2.39. The van der Waals surface area contributed by atoms with Gasteiger partial charge < -0.3 is 4.74 Å². The topological polar surface area (TPSA) is 72.5 Å². The molecule has 146 valence electrons. The molecule has 0 aliphatic carbocycles. The Balaban J connectivity index is 1.94. The zero-order chi connectivity index (χ0) is 20.2. The number of aryl methyl sites for hydroxylation is 1. The normalized spacial score (nSPS) is 13.2. The number of rotatable bonds is 6. The van der Waals surface area contributed by atoms with Gasteiger partial charge in [-0.1, -0.05) is 29.8 Å². The van der Waals surface area contributed by atoms with Gasteiger partial charge in [-0.15, -0.1) is 0 Å². The molecule has 2 aromatic carbocycles. The van der Waals surface area contributed by atoms with Crippen LogP contribution >= 0.6 is 0 Å². The molecule has 0 amide bonds. The fourth-order valence-corrected chi connectivity index (χ4v) is 3.33. The van der Waals surface area contributed by atoms with Gasteiger partial charge in [-0.2, -0.15) is 17.9 Å². The fourth-order valence-electron chi connectivity index (χ4n) is 2.14. The van der Waals surface area contributed by atoms with E-state index in [1.807, 2.05) is 6.92 Å². The molecular formula is C18H18F3NO4S. The Kier molecular flexibility index (Phi) is 6.27. The molecule has 9 heteroatoms. The molecule has 0 fully saturated rings. The first-order valence-electron chi connectivity index (χ1n) is 7.91. The van der Waals surface area contributed by atoms with Crippen molar-refractivity contribution in [1.29, 1.82) is 0 Å². The summed E-state index contributed by atoms with van der Waals surface area (Å²) in [5.41, 5.74) is 0.430. The van der Waals surface area contributed by atoms with Crippen molar-refractivity contribution in [2.75, 3.05) is 0 Å². The molecule has 0 heterocycles. The molecule has 2 rings (SSSR count). The van der Waals surface area contributed by atoms with E-state index < -0.39 is 33.8 Å². The fraction of sp³-hybridized carbons (Fsp3) is 0.278. The molecule has 1 atom stereocenters. The van der Waals surface area contributed by atoms with Crippen molar-refractivity contribution in [2.45, 2.75) is 37.6 Å². The molecule has 0 bridgehead atoms. The second-order valence-corrected chi connectivity index (χ2v) is 7.67. The number of sulfonamides is 1. The first-order valence-corrected chi connectivity index (χ1v) is 9.39. The van der Waals surface area contributed by atoms with Crippen molar-refractivity contribution in [3.05, 3.63) is 65.2 Å². The zero-order valence-corrected chi connectivity index (χ0v) is 15.4. The summed E-state index contributed by atoms with van der Waals surface area (Å²) in [5.74, 6) is -0.842. The molecule has 27 heavy (non-hydrogen) atoms. The number of carbonyl (C=O) groups is 1. The SMILES string of the molecule is Cc1ccc(S(=O)(=O)N[C@@H](C)C(=O)OCc2ccc(C(F)(F)F)cc2)cc1. The predicted molar refractivity (Wildman–Crippen MR) is 92.2 cm³/mol. The first-order chi connectivity index (χ1) is 12.5. The predicted octanol–water partition coefficient (Wildman–Crippen LogP) is 3.42. The van der Waals surface area contributed by atoms with Gasteiger partial charge in [-0.05, 0) is 43.7 Å². The number of hydrogen-bond donors (Lipinski definition) is 1. The molecule has 0 saturated heterocycles. The van der Waals surface area contributed by atoms with E-state index in [2.05, 4.69) is 4.72 Å². The average molecular weight is 401 g/mol. The van der Waals surface area contributed by atoms with Crippen molar-refractivity contribution in [1.82, 2.24) is 4.72 Å². The van der Waals surface area contributed by atoms with Crippen LogP contribution in [0.15, 0.2) is 53.4 Å². The molecule has 0 aliphatic heterocycles. The number of esters is 1. The highest BCUT2D eigenvalue weighted by atomic mass is 32.2. The minimum absolute atomic E-state index is 0.00971. The van der Waals surface area contributed by atoms with E-state index in [9.17, 15) is 26.4 Å². The highest BCUT2D eigenvalue weighted by Gasteiger charge is 2.30. The molecule has 5 nitrogen and oxygen atoms in total. The van der Waals surface area contributed by atoms with E-state index >= 15 is 0 Å². The minimum atomic E-state index is -4.45. The summed E-state index contributed by atoms with van der Waals surface area (Å²) in [5, 5.41) is 0. The van der Waals surface area contributed by atoms with E-state index in [0.29, 0.717) is 5.56 Å². The van der Waals surface area contributed by atoms with Gasteiger partial charge in [0.1, 0.15) is 12.6 Å². The maximum absolute atomic E-state index is 12.5. The smallest absolute Gasteiger partial charge is 0.416 e. The van der Waals surface area contributed by atoms with Crippen LogP contribution in [0.1, 0.15) is 23.6 Å². The Labute approximate surface area is 155 Å². The molecule has 0 aliphatic rings. The Morgan fingerprint density at radius 2 is 1.63 bits per heavy atom. The van der Waals surface area contributed by atoms with E-state index in [1.54, 1.807) is 12.1 Å². The molecule has 0 radical (unpaired) electrons. The molecule has 0 saturated carbocycles. The standard InChI is InChI=1S/C18H18F3NO4S/c1-12-3-9-16(10-4-12)27(24,25)22-13(2)17(23)26-11-14-5-7-15(8-6-14)18(19,20)21/h3-10,13,22H,11H2,1-2H3/t13-/m0/s1. The summed E-state index contributed by atoms with van der Waals surface area (Å²) in [7, 11) is -3.90. The first kappa shape index (κ1) is 20.9. The van der Waals surface area contributed by atoms with Gasteiger partial charge in [0, 0.05) is 0 Å². The van der Waals surface area contributed by atoms with Gasteiger partial charge in [-0.3, -0.25) is 4.79 Å². The second-order valence-electron chi connectivity index (χ2n) is 5.96. The van der Waals surface area contributed by atoms with Crippen LogP contribution in [0.4, 0.5) is 13.2 Å². The molecule has 0 aromatic heterocycles. The molecule has 2 aromatic rings. The summed E-state index contributed by atoms with van der Waals surface area (Å²) in [4.78, 5) is 12.0.